The highest BCUT2D eigenvalue weighted by atomic mass is 19.1. The zero-order valence-corrected chi connectivity index (χ0v) is 16.5. The maximum Gasteiger partial charge on any atom is 0.319 e. The van der Waals surface area contributed by atoms with Crippen molar-refractivity contribution in [2.45, 2.75) is 31.9 Å². The molecule has 1 aromatic heterocycles. The summed E-state index contributed by atoms with van der Waals surface area (Å²) in [6.07, 6.45) is 4.51. The Kier molecular flexibility index (Phi) is 5.65. The molecule has 3 aromatic rings. The van der Waals surface area contributed by atoms with Gasteiger partial charge in [-0.05, 0) is 49.1 Å². The van der Waals surface area contributed by atoms with Gasteiger partial charge >= 0.3 is 6.03 Å². The van der Waals surface area contributed by atoms with Crippen LogP contribution in [-0.4, -0.2) is 15.8 Å². The number of ether oxygens (including phenoxy) is 1. The van der Waals surface area contributed by atoms with Gasteiger partial charge in [-0.1, -0.05) is 12.1 Å². The van der Waals surface area contributed by atoms with E-state index in [0.29, 0.717) is 11.3 Å². The van der Waals surface area contributed by atoms with Gasteiger partial charge in [0.25, 0.3) is 0 Å². The predicted molar refractivity (Wildman–Crippen MR) is 108 cm³/mol. The number of amides is 2. The number of nitrogens with one attached hydrogen (secondary N) is 2. The highest BCUT2D eigenvalue weighted by molar-refractivity contribution is 5.89. The van der Waals surface area contributed by atoms with E-state index in [1.807, 2.05) is 11.7 Å². The molecular formula is C22H22F2N4O2. The second-order valence-corrected chi connectivity index (χ2v) is 7.28. The van der Waals surface area contributed by atoms with Gasteiger partial charge in [-0.3, -0.25) is 4.68 Å². The second-order valence-electron chi connectivity index (χ2n) is 7.28. The number of aromatic nitrogens is 2. The van der Waals surface area contributed by atoms with Crippen molar-refractivity contribution in [2.24, 2.45) is 7.05 Å². The van der Waals surface area contributed by atoms with Crippen molar-refractivity contribution >= 4 is 11.7 Å². The molecule has 2 N–H and O–H groups in total. The standard InChI is InChI=1S/C22H22F2N4O2/c1-28-20-7-3-6-19(17(20)12-25-28)27-22(29)26-16-8-9-21(18(24)11-16)30-13-14-4-2-5-15(23)10-14/h2,4-5,8-12,19H,3,6-7,13H2,1H3,(H2,26,27,29). The highest BCUT2D eigenvalue weighted by Crippen LogP contribution is 2.29. The number of benzene rings is 2. The Labute approximate surface area is 172 Å². The summed E-state index contributed by atoms with van der Waals surface area (Å²) in [5.41, 5.74) is 3.05. The largest absolute Gasteiger partial charge is 0.486 e. The van der Waals surface area contributed by atoms with Gasteiger partial charge in [0.1, 0.15) is 12.4 Å². The Morgan fingerprint density at radius 2 is 2.13 bits per heavy atom. The molecule has 0 aliphatic heterocycles. The van der Waals surface area contributed by atoms with Crippen LogP contribution < -0.4 is 15.4 Å². The van der Waals surface area contributed by atoms with Gasteiger partial charge in [-0.2, -0.15) is 5.10 Å². The lowest BCUT2D eigenvalue weighted by Gasteiger charge is -2.24. The summed E-state index contributed by atoms with van der Waals surface area (Å²) >= 11 is 0. The minimum Gasteiger partial charge on any atom is -0.486 e. The summed E-state index contributed by atoms with van der Waals surface area (Å²) in [6, 6.07) is 9.57. The average Bonchev–Trinajstić information content (AvgIpc) is 3.09. The molecule has 1 aliphatic carbocycles. The van der Waals surface area contributed by atoms with E-state index in [-0.39, 0.29) is 24.2 Å². The van der Waals surface area contributed by atoms with Crippen molar-refractivity contribution in [1.82, 2.24) is 15.1 Å². The first-order valence-electron chi connectivity index (χ1n) is 9.74. The number of rotatable bonds is 5. The average molecular weight is 412 g/mol. The van der Waals surface area contributed by atoms with Crippen LogP contribution in [0.15, 0.2) is 48.7 Å². The maximum atomic E-state index is 14.4. The van der Waals surface area contributed by atoms with Gasteiger partial charge in [0, 0.05) is 30.1 Å². The minimum atomic E-state index is -0.614. The Bertz CT molecular complexity index is 1070. The molecule has 4 rings (SSSR count). The molecule has 1 aliphatic rings. The molecule has 0 saturated heterocycles. The number of carbonyl (C=O) groups excluding carboxylic acids is 1. The molecule has 30 heavy (non-hydrogen) atoms. The number of carbonyl (C=O) groups is 1. The topological polar surface area (TPSA) is 68.2 Å². The molecule has 1 atom stereocenters. The summed E-state index contributed by atoms with van der Waals surface area (Å²) in [6.45, 7) is 0.0388. The van der Waals surface area contributed by atoms with Crippen molar-refractivity contribution in [1.29, 1.82) is 0 Å². The monoisotopic (exact) mass is 412 g/mol. The number of anilines is 1. The third-order valence-electron chi connectivity index (χ3n) is 5.15. The van der Waals surface area contributed by atoms with E-state index in [0.717, 1.165) is 30.5 Å². The number of halogens is 2. The number of nitrogens with zero attached hydrogens (tertiary/aromatic N) is 2. The quantitative estimate of drug-likeness (QED) is 0.649. The van der Waals surface area contributed by atoms with E-state index >= 15 is 0 Å². The lowest BCUT2D eigenvalue weighted by Crippen LogP contribution is -2.34. The second kappa shape index (κ2) is 8.52. The van der Waals surface area contributed by atoms with Gasteiger partial charge in [-0.15, -0.1) is 0 Å². The molecule has 1 unspecified atom stereocenters. The Hall–Kier alpha value is -3.42. The number of fused-ring (bicyclic) bond motifs is 1. The van der Waals surface area contributed by atoms with Crippen molar-refractivity contribution < 1.29 is 18.3 Å². The van der Waals surface area contributed by atoms with Gasteiger partial charge < -0.3 is 15.4 Å². The molecule has 1 heterocycles. The van der Waals surface area contributed by atoms with Crippen LogP contribution in [0.3, 0.4) is 0 Å². The molecule has 8 heteroatoms. The van der Waals surface area contributed by atoms with E-state index in [2.05, 4.69) is 15.7 Å². The van der Waals surface area contributed by atoms with Crippen LogP contribution in [0.1, 0.15) is 35.7 Å². The molecular weight excluding hydrogens is 390 g/mol. The fourth-order valence-electron chi connectivity index (χ4n) is 3.67. The summed E-state index contributed by atoms with van der Waals surface area (Å²) in [4.78, 5) is 12.4. The number of aryl methyl sites for hydroxylation is 1. The minimum absolute atomic E-state index is 0.0255. The molecule has 0 saturated carbocycles. The maximum absolute atomic E-state index is 14.4. The third-order valence-corrected chi connectivity index (χ3v) is 5.15. The van der Waals surface area contributed by atoms with Crippen molar-refractivity contribution in [3.63, 3.8) is 0 Å². The van der Waals surface area contributed by atoms with E-state index in [1.54, 1.807) is 24.4 Å². The van der Waals surface area contributed by atoms with Gasteiger partial charge in [0.15, 0.2) is 11.6 Å². The Morgan fingerprint density at radius 1 is 1.27 bits per heavy atom. The van der Waals surface area contributed by atoms with Crippen molar-refractivity contribution in [3.8, 4) is 5.75 Å². The highest BCUT2D eigenvalue weighted by Gasteiger charge is 2.24. The van der Waals surface area contributed by atoms with Crippen molar-refractivity contribution in [3.05, 3.63) is 77.1 Å². The molecule has 0 fully saturated rings. The number of urea groups is 1. The number of hydrogen-bond acceptors (Lipinski definition) is 3. The van der Waals surface area contributed by atoms with Crippen LogP contribution in [0.5, 0.6) is 5.75 Å². The summed E-state index contributed by atoms with van der Waals surface area (Å²) < 4.78 is 34.8. The van der Waals surface area contributed by atoms with Crippen LogP contribution in [0.25, 0.3) is 0 Å². The first-order chi connectivity index (χ1) is 14.5. The normalized spacial score (nSPS) is 15.4. The van der Waals surface area contributed by atoms with Crippen LogP contribution >= 0.6 is 0 Å². The third kappa shape index (κ3) is 4.42. The van der Waals surface area contributed by atoms with E-state index in [9.17, 15) is 13.6 Å². The lowest BCUT2D eigenvalue weighted by atomic mass is 9.93. The zero-order chi connectivity index (χ0) is 21.1. The first-order valence-corrected chi connectivity index (χ1v) is 9.74. The van der Waals surface area contributed by atoms with Crippen LogP contribution in [0.4, 0.5) is 19.3 Å². The van der Waals surface area contributed by atoms with Crippen molar-refractivity contribution in [2.75, 3.05) is 5.32 Å². The van der Waals surface area contributed by atoms with Crippen LogP contribution in [0.2, 0.25) is 0 Å². The molecule has 0 spiro atoms. The van der Waals surface area contributed by atoms with Gasteiger partial charge in [0.2, 0.25) is 0 Å². The summed E-state index contributed by atoms with van der Waals surface area (Å²) in [5, 5.41) is 9.85. The van der Waals surface area contributed by atoms with E-state index < -0.39 is 11.8 Å². The Morgan fingerprint density at radius 3 is 2.93 bits per heavy atom. The smallest absolute Gasteiger partial charge is 0.319 e. The van der Waals surface area contributed by atoms with E-state index in [1.165, 1.54) is 24.3 Å². The van der Waals surface area contributed by atoms with Crippen LogP contribution in [-0.2, 0) is 20.1 Å². The molecule has 0 radical (unpaired) electrons. The zero-order valence-electron chi connectivity index (χ0n) is 16.5. The number of hydrogen-bond donors (Lipinski definition) is 2. The van der Waals surface area contributed by atoms with Crippen LogP contribution in [0, 0.1) is 11.6 Å². The fourth-order valence-corrected chi connectivity index (χ4v) is 3.67. The SMILES string of the molecule is Cn1ncc2c1CCCC2NC(=O)Nc1ccc(OCc2cccc(F)c2)c(F)c1. The van der Waals surface area contributed by atoms with E-state index in [4.69, 9.17) is 4.74 Å². The molecule has 6 nitrogen and oxygen atoms in total. The summed E-state index contributed by atoms with van der Waals surface area (Å²) in [5.74, 6) is -0.965. The molecule has 156 valence electrons. The first kappa shape index (κ1) is 19.9. The molecule has 2 amide bonds. The molecule has 0 bridgehead atoms. The predicted octanol–water partition coefficient (Wildman–Crippen LogP) is 4.48. The van der Waals surface area contributed by atoms with Gasteiger partial charge in [-0.25, -0.2) is 13.6 Å². The Balaban J connectivity index is 1.36. The summed E-state index contributed by atoms with van der Waals surface area (Å²) in [7, 11) is 1.89. The fraction of sp³-hybridized carbons (Fsp3) is 0.273. The lowest BCUT2D eigenvalue weighted by molar-refractivity contribution is 0.247. The molecule has 2 aromatic carbocycles. The van der Waals surface area contributed by atoms with Gasteiger partial charge in [0.05, 0.1) is 12.2 Å².